The second-order valence-electron chi connectivity index (χ2n) is 4.58. The van der Waals surface area contributed by atoms with Gasteiger partial charge in [-0.1, -0.05) is 36.4 Å². The first kappa shape index (κ1) is 15.9. The molecule has 0 aliphatic carbocycles. The van der Waals surface area contributed by atoms with Crippen LogP contribution in [-0.2, 0) is 22.7 Å². The van der Waals surface area contributed by atoms with Gasteiger partial charge < -0.3 is 19.2 Å². The number of amides is 1. The van der Waals surface area contributed by atoms with Crippen LogP contribution in [0.4, 0.5) is 4.79 Å². The van der Waals surface area contributed by atoms with Crippen molar-refractivity contribution in [3.63, 3.8) is 0 Å². The molecule has 0 atom stereocenters. The number of rotatable bonds is 7. The van der Waals surface area contributed by atoms with E-state index in [-0.39, 0.29) is 6.61 Å². The van der Waals surface area contributed by atoms with Gasteiger partial charge in [-0.05, 0) is 23.8 Å². The summed E-state index contributed by atoms with van der Waals surface area (Å²) in [6.07, 6.45) is 3.13. The maximum atomic E-state index is 11.5. The first-order valence-electron chi connectivity index (χ1n) is 6.96. The highest BCUT2D eigenvalue weighted by molar-refractivity contribution is 5.67. The lowest BCUT2D eigenvalue weighted by molar-refractivity contribution is 0.141. The van der Waals surface area contributed by atoms with Crippen LogP contribution in [0.2, 0.25) is 0 Å². The summed E-state index contributed by atoms with van der Waals surface area (Å²) in [6, 6.07) is 13.2. The first-order chi connectivity index (χ1) is 10.8. The van der Waals surface area contributed by atoms with Gasteiger partial charge in [-0.15, -0.1) is 0 Å². The van der Waals surface area contributed by atoms with Crippen LogP contribution < -0.4 is 5.32 Å². The SMILES string of the molecule is COCc1ccc(C=CCNC(=O)OCc2ccccc2)o1. The summed E-state index contributed by atoms with van der Waals surface area (Å²) >= 11 is 0. The van der Waals surface area contributed by atoms with Crippen molar-refractivity contribution in [2.24, 2.45) is 0 Å². The predicted octanol–water partition coefficient (Wildman–Crippen LogP) is 3.37. The molecule has 5 heteroatoms. The number of carbonyl (C=O) groups is 1. The van der Waals surface area contributed by atoms with Gasteiger partial charge in [0.15, 0.2) is 0 Å². The van der Waals surface area contributed by atoms with Gasteiger partial charge in [0, 0.05) is 13.7 Å². The molecule has 0 saturated heterocycles. The smallest absolute Gasteiger partial charge is 0.407 e. The lowest BCUT2D eigenvalue weighted by atomic mass is 10.2. The Bertz CT molecular complexity index is 604. The summed E-state index contributed by atoms with van der Waals surface area (Å²) in [6.45, 7) is 1.07. The van der Waals surface area contributed by atoms with Crippen molar-refractivity contribution >= 4 is 12.2 Å². The van der Waals surface area contributed by atoms with Gasteiger partial charge in [0.2, 0.25) is 0 Å². The molecule has 0 fully saturated rings. The number of ether oxygens (including phenoxy) is 2. The summed E-state index contributed by atoms with van der Waals surface area (Å²) in [4.78, 5) is 11.5. The van der Waals surface area contributed by atoms with Gasteiger partial charge in [0.05, 0.1) is 0 Å². The van der Waals surface area contributed by atoms with Crippen molar-refractivity contribution in [1.29, 1.82) is 0 Å². The van der Waals surface area contributed by atoms with Crippen LogP contribution in [0, 0.1) is 0 Å². The van der Waals surface area contributed by atoms with Gasteiger partial charge >= 0.3 is 6.09 Å². The number of carbonyl (C=O) groups excluding carboxylic acids is 1. The highest BCUT2D eigenvalue weighted by atomic mass is 16.5. The fourth-order valence-corrected chi connectivity index (χ4v) is 1.80. The zero-order chi connectivity index (χ0) is 15.6. The van der Waals surface area contributed by atoms with Crippen LogP contribution in [0.3, 0.4) is 0 Å². The Morgan fingerprint density at radius 1 is 1.18 bits per heavy atom. The van der Waals surface area contributed by atoms with Gasteiger partial charge in [-0.25, -0.2) is 4.79 Å². The maximum Gasteiger partial charge on any atom is 0.407 e. The largest absolute Gasteiger partial charge is 0.459 e. The van der Waals surface area contributed by atoms with Crippen molar-refractivity contribution in [2.45, 2.75) is 13.2 Å². The highest BCUT2D eigenvalue weighted by Crippen LogP contribution is 2.10. The van der Waals surface area contributed by atoms with E-state index < -0.39 is 6.09 Å². The molecular formula is C17H19NO4. The molecule has 0 aliphatic rings. The van der Waals surface area contributed by atoms with E-state index in [1.165, 1.54) is 0 Å². The Hall–Kier alpha value is -2.53. The molecule has 116 valence electrons. The summed E-state index contributed by atoms with van der Waals surface area (Å²) in [7, 11) is 1.61. The number of hydrogen-bond donors (Lipinski definition) is 1. The number of nitrogens with one attached hydrogen (secondary N) is 1. The Balaban J connectivity index is 1.66. The second-order valence-corrected chi connectivity index (χ2v) is 4.58. The third-order valence-electron chi connectivity index (χ3n) is 2.83. The molecule has 2 aromatic rings. The summed E-state index contributed by atoms with van der Waals surface area (Å²) in [5, 5.41) is 2.64. The average molecular weight is 301 g/mol. The van der Waals surface area contributed by atoms with Crippen LogP contribution in [-0.4, -0.2) is 19.7 Å². The zero-order valence-electron chi connectivity index (χ0n) is 12.5. The molecular weight excluding hydrogens is 282 g/mol. The minimum Gasteiger partial charge on any atom is -0.459 e. The van der Waals surface area contributed by atoms with Crippen molar-refractivity contribution in [1.82, 2.24) is 5.32 Å². The molecule has 1 heterocycles. The van der Waals surface area contributed by atoms with E-state index in [9.17, 15) is 4.79 Å². The molecule has 0 saturated carbocycles. The second kappa shape index (κ2) is 8.69. The van der Waals surface area contributed by atoms with E-state index in [1.807, 2.05) is 42.5 Å². The van der Waals surface area contributed by atoms with Gasteiger partial charge in [0.25, 0.3) is 0 Å². The lowest BCUT2D eigenvalue weighted by Gasteiger charge is -2.04. The van der Waals surface area contributed by atoms with E-state index in [1.54, 1.807) is 19.3 Å². The van der Waals surface area contributed by atoms with Crippen LogP contribution in [0.5, 0.6) is 0 Å². The van der Waals surface area contributed by atoms with Crippen molar-refractivity contribution in [2.75, 3.05) is 13.7 Å². The molecule has 0 bridgehead atoms. The summed E-state index contributed by atoms with van der Waals surface area (Å²) in [5.41, 5.74) is 0.953. The molecule has 1 amide bonds. The van der Waals surface area contributed by atoms with Crippen LogP contribution >= 0.6 is 0 Å². The fraction of sp³-hybridized carbons (Fsp3) is 0.235. The Morgan fingerprint density at radius 3 is 2.77 bits per heavy atom. The molecule has 2 rings (SSSR count). The average Bonchev–Trinajstić information content (AvgIpc) is 2.98. The first-order valence-corrected chi connectivity index (χ1v) is 6.96. The molecule has 0 radical (unpaired) electrons. The summed E-state index contributed by atoms with van der Waals surface area (Å²) in [5.74, 6) is 1.48. The van der Waals surface area contributed by atoms with Gasteiger partial charge in [-0.3, -0.25) is 0 Å². The number of methoxy groups -OCH3 is 1. The van der Waals surface area contributed by atoms with E-state index in [0.717, 1.165) is 11.3 Å². The quantitative estimate of drug-likeness (QED) is 0.852. The third-order valence-corrected chi connectivity index (χ3v) is 2.83. The normalized spacial score (nSPS) is 10.8. The molecule has 22 heavy (non-hydrogen) atoms. The lowest BCUT2D eigenvalue weighted by Crippen LogP contribution is -2.24. The minimum atomic E-state index is -0.451. The topological polar surface area (TPSA) is 60.7 Å². The Labute approximate surface area is 129 Å². The van der Waals surface area contributed by atoms with Gasteiger partial charge in [0.1, 0.15) is 24.7 Å². The fourth-order valence-electron chi connectivity index (χ4n) is 1.80. The van der Waals surface area contributed by atoms with E-state index in [2.05, 4.69) is 5.32 Å². The molecule has 0 spiro atoms. The Kier molecular flexibility index (Phi) is 6.26. The highest BCUT2D eigenvalue weighted by Gasteiger charge is 2.01. The maximum absolute atomic E-state index is 11.5. The van der Waals surface area contributed by atoms with Crippen LogP contribution in [0.15, 0.2) is 53.0 Å². The summed E-state index contributed by atoms with van der Waals surface area (Å²) < 4.78 is 15.5. The molecule has 1 N–H and O–H groups in total. The number of benzene rings is 1. The molecule has 0 aliphatic heterocycles. The van der Waals surface area contributed by atoms with E-state index in [4.69, 9.17) is 13.9 Å². The van der Waals surface area contributed by atoms with E-state index in [0.29, 0.717) is 18.9 Å². The van der Waals surface area contributed by atoms with Crippen molar-refractivity contribution in [3.8, 4) is 0 Å². The number of alkyl carbamates (subject to hydrolysis) is 1. The monoisotopic (exact) mass is 301 g/mol. The van der Waals surface area contributed by atoms with Crippen molar-refractivity contribution < 1.29 is 18.7 Å². The van der Waals surface area contributed by atoms with Crippen LogP contribution in [0.1, 0.15) is 17.1 Å². The molecule has 5 nitrogen and oxygen atoms in total. The zero-order valence-corrected chi connectivity index (χ0v) is 12.5. The Morgan fingerprint density at radius 2 is 2.00 bits per heavy atom. The van der Waals surface area contributed by atoms with Crippen LogP contribution in [0.25, 0.3) is 6.08 Å². The molecule has 0 unspecified atom stereocenters. The van der Waals surface area contributed by atoms with Gasteiger partial charge in [-0.2, -0.15) is 0 Å². The number of hydrogen-bond acceptors (Lipinski definition) is 4. The van der Waals surface area contributed by atoms with E-state index >= 15 is 0 Å². The standard InChI is InChI=1S/C17H19NO4/c1-20-13-16-10-9-15(22-16)8-5-11-18-17(19)21-12-14-6-3-2-4-7-14/h2-10H,11-13H2,1H3,(H,18,19). The molecule has 1 aromatic carbocycles. The molecule has 1 aromatic heterocycles. The van der Waals surface area contributed by atoms with Crippen molar-refractivity contribution in [3.05, 3.63) is 65.6 Å². The predicted molar refractivity (Wildman–Crippen MR) is 83.1 cm³/mol. The minimum absolute atomic E-state index is 0.259. The number of furan rings is 1. The third kappa shape index (κ3) is 5.46.